The van der Waals surface area contributed by atoms with Crippen molar-refractivity contribution in [1.82, 2.24) is 5.32 Å². The van der Waals surface area contributed by atoms with Gasteiger partial charge in [0.2, 0.25) is 0 Å². The van der Waals surface area contributed by atoms with Crippen LogP contribution in [0.25, 0.3) is 0 Å². The lowest BCUT2D eigenvalue weighted by molar-refractivity contribution is 0.302. The van der Waals surface area contributed by atoms with Gasteiger partial charge >= 0.3 is 0 Å². The van der Waals surface area contributed by atoms with E-state index in [2.05, 4.69) is 45.1 Å². The molecule has 82 valence electrons. The number of ether oxygens (including phenoxy) is 1. The smallest absolute Gasteiger partial charge is 0.127 e. The number of nitrogens with one attached hydrogen (secondary N) is 1. The van der Waals surface area contributed by atoms with Crippen LogP contribution in [0.2, 0.25) is 0 Å². The fourth-order valence-corrected chi connectivity index (χ4v) is 2.22. The van der Waals surface area contributed by atoms with Gasteiger partial charge in [0, 0.05) is 11.6 Å². The maximum absolute atomic E-state index is 5.76. The van der Waals surface area contributed by atoms with Crippen molar-refractivity contribution < 1.29 is 4.74 Å². The van der Waals surface area contributed by atoms with Gasteiger partial charge in [0.25, 0.3) is 0 Å². The summed E-state index contributed by atoms with van der Waals surface area (Å²) in [5.41, 5.74) is 3.92. The van der Waals surface area contributed by atoms with Gasteiger partial charge in [-0.25, -0.2) is 0 Å². The molecule has 0 saturated heterocycles. The summed E-state index contributed by atoms with van der Waals surface area (Å²) in [6.45, 7) is 9.36. The van der Waals surface area contributed by atoms with E-state index in [1.807, 2.05) is 0 Å². The van der Waals surface area contributed by atoms with Gasteiger partial charge in [-0.05, 0) is 25.0 Å². The van der Waals surface area contributed by atoms with Crippen LogP contribution in [0.5, 0.6) is 5.75 Å². The normalized spacial score (nSPS) is 19.1. The predicted octanol–water partition coefficient (Wildman–Crippen LogP) is 2.73. The molecular formula is C13H19NO. The Morgan fingerprint density at radius 3 is 2.60 bits per heavy atom. The lowest BCUT2D eigenvalue weighted by Crippen LogP contribution is -2.29. The number of benzene rings is 1. The van der Waals surface area contributed by atoms with Crippen LogP contribution in [0.4, 0.5) is 0 Å². The van der Waals surface area contributed by atoms with E-state index in [-0.39, 0.29) is 0 Å². The van der Waals surface area contributed by atoms with Gasteiger partial charge in [-0.15, -0.1) is 0 Å². The van der Waals surface area contributed by atoms with Crippen LogP contribution in [-0.4, -0.2) is 12.6 Å². The Bertz CT molecular complexity index is 371. The summed E-state index contributed by atoms with van der Waals surface area (Å²) in [5.74, 6) is 1.09. The molecule has 0 spiro atoms. The third kappa shape index (κ3) is 1.86. The van der Waals surface area contributed by atoms with Crippen molar-refractivity contribution in [2.75, 3.05) is 6.61 Å². The van der Waals surface area contributed by atoms with Crippen LogP contribution in [-0.2, 0) is 0 Å². The zero-order valence-electron chi connectivity index (χ0n) is 9.92. The van der Waals surface area contributed by atoms with Gasteiger partial charge in [-0.3, -0.25) is 0 Å². The van der Waals surface area contributed by atoms with Crippen LogP contribution in [0.1, 0.15) is 36.6 Å². The molecule has 0 aliphatic carbocycles. The third-order valence-corrected chi connectivity index (χ3v) is 2.89. The summed E-state index contributed by atoms with van der Waals surface area (Å²) < 4.78 is 5.76. The van der Waals surface area contributed by atoms with Crippen LogP contribution in [0, 0.1) is 13.8 Å². The highest BCUT2D eigenvalue weighted by atomic mass is 16.5. The molecule has 15 heavy (non-hydrogen) atoms. The Morgan fingerprint density at radius 1 is 1.27 bits per heavy atom. The number of hydrogen-bond acceptors (Lipinski definition) is 2. The molecular weight excluding hydrogens is 186 g/mol. The third-order valence-electron chi connectivity index (χ3n) is 2.89. The van der Waals surface area contributed by atoms with Crippen LogP contribution < -0.4 is 10.1 Å². The van der Waals surface area contributed by atoms with Crippen molar-refractivity contribution >= 4 is 0 Å². The second kappa shape index (κ2) is 3.86. The second-order valence-electron chi connectivity index (χ2n) is 4.63. The molecule has 2 rings (SSSR count). The molecule has 0 amide bonds. The first-order chi connectivity index (χ1) is 7.09. The highest BCUT2D eigenvalue weighted by Crippen LogP contribution is 2.37. The number of aryl methyl sites for hydroxylation is 2. The van der Waals surface area contributed by atoms with Crippen molar-refractivity contribution in [2.45, 2.75) is 39.8 Å². The second-order valence-corrected chi connectivity index (χ2v) is 4.63. The van der Waals surface area contributed by atoms with Crippen molar-refractivity contribution in [2.24, 2.45) is 0 Å². The first-order valence-electron chi connectivity index (χ1n) is 5.58. The fourth-order valence-electron chi connectivity index (χ4n) is 2.22. The summed E-state index contributed by atoms with van der Waals surface area (Å²) in [5, 5.41) is 3.54. The lowest BCUT2D eigenvalue weighted by atomic mass is 9.99. The van der Waals surface area contributed by atoms with Crippen LogP contribution in [0.15, 0.2) is 12.1 Å². The van der Waals surface area contributed by atoms with Gasteiger partial charge in [-0.2, -0.15) is 0 Å². The molecule has 1 aromatic rings. The summed E-state index contributed by atoms with van der Waals surface area (Å²) in [6.07, 6.45) is 0. The minimum atomic E-state index is 0.361. The van der Waals surface area contributed by atoms with Crippen LogP contribution in [0.3, 0.4) is 0 Å². The molecule has 2 heteroatoms. The quantitative estimate of drug-likeness (QED) is 0.801. The molecule has 1 aliphatic rings. The minimum absolute atomic E-state index is 0.361. The van der Waals surface area contributed by atoms with E-state index < -0.39 is 0 Å². The summed E-state index contributed by atoms with van der Waals surface area (Å²) >= 11 is 0. The molecule has 1 heterocycles. The monoisotopic (exact) mass is 205 g/mol. The maximum Gasteiger partial charge on any atom is 0.127 e. The van der Waals surface area contributed by atoms with Crippen LogP contribution >= 0.6 is 0 Å². The largest absolute Gasteiger partial charge is 0.491 e. The van der Waals surface area contributed by atoms with Gasteiger partial charge in [0.05, 0.1) is 6.04 Å². The molecule has 2 nitrogen and oxygen atoms in total. The van der Waals surface area contributed by atoms with Crippen molar-refractivity contribution in [1.29, 1.82) is 0 Å². The molecule has 0 fully saturated rings. The lowest BCUT2D eigenvalue weighted by Gasteiger charge is -2.16. The Morgan fingerprint density at radius 2 is 1.93 bits per heavy atom. The van der Waals surface area contributed by atoms with E-state index in [1.54, 1.807) is 0 Å². The molecule has 0 radical (unpaired) electrons. The molecule has 1 aromatic carbocycles. The molecule has 0 bridgehead atoms. The zero-order chi connectivity index (χ0) is 11.0. The molecule has 1 atom stereocenters. The van der Waals surface area contributed by atoms with Crippen molar-refractivity contribution in [3.8, 4) is 5.75 Å². The van der Waals surface area contributed by atoms with E-state index in [4.69, 9.17) is 4.74 Å². The Kier molecular flexibility index (Phi) is 2.70. The van der Waals surface area contributed by atoms with E-state index in [9.17, 15) is 0 Å². The standard InChI is InChI=1S/C13H19NO/c1-8(2)14-11-7-15-13-10(4)6-5-9(3)12(11)13/h5-6,8,11,14H,7H2,1-4H3. The highest BCUT2D eigenvalue weighted by molar-refractivity contribution is 5.49. The number of rotatable bonds is 2. The average molecular weight is 205 g/mol. The van der Waals surface area contributed by atoms with Crippen molar-refractivity contribution in [3.05, 3.63) is 28.8 Å². The number of fused-ring (bicyclic) bond motifs is 1. The van der Waals surface area contributed by atoms with E-state index >= 15 is 0 Å². The summed E-state index contributed by atoms with van der Waals surface area (Å²) in [7, 11) is 0. The molecule has 0 saturated carbocycles. The maximum atomic E-state index is 5.76. The van der Waals surface area contributed by atoms with Crippen molar-refractivity contribution in [3.63, 3.8) is 0 Å². The van der Waals surface area contributed by atoms with E-state index in [1.165, 1.54) is 16.7 Å². The molecule has 1 N–H and O–H groups in total. The fraction of sp³-hybridized carbons (Fsp3) is 0.538. The van der Waals surface area contributed by atoms with Gasteiger partial charge < -0.3 is 10.1 Å². The van der Waals surface area contributed by atoms with Gasteiger partial charge in [0.15, 0.2) is 0 Å². The van der Waals surface area contributed by atoms with Gasteiger partial charge in [-0.1, -0.05) is 26.0 Å². The first kappa shape index (κ1) is 10.5. The topological polar surface area (TPSA) is 21.3 Å². The summed E-state index contributed by atoms with van der Waals surface area (Å²) in [6, 6.07) is 5.16. The summed E-state index contributed by atoms with van der Waals surface area (Å²) in [4.78, 5) is 0. The Labute approximate surface area is 91.6 Å². The molecule has 0 aromatic heterocycles. The SMILES string of the molecule is Cc1ccc(C)c2c1OCC2NC(C)C. The zero-order valence-corrected chi connectivity index (χ0v) is 9.92. The minimum Gasteiger partial charge on any atom is -0.491 e. The average Bonchev–Trinajstić information content (AvgIpc) is 2.56. The Hall–Kier alpha value is -1.02. The Balaban J connectivity index is 2.37. The highest BCUT2D eigenvalue weighted by Gasteiger charge is 2.27. The number of hydrogen-bond donors (Lipinski definition) is 1. The van der Waals surface area contributed by atoms with E-state index in [0.29, 0.717) is 12.1 Å². The molecule has 1 unspecified atom stereocenters. The predicted molar refractivity (Wildman–Crippen MR) is 62.4 cm³/mol. The molecule has 1 aliphatic heterocycles. The van der Waals surface area contributed by atoms with Gasteiger partial charge in [0.1, 0.15) is 12.4 Å². The van der Waals surface area contributed by atoms with E-state index in [0.717, 1.165) is 12.4 Å². The first-order valence-corrected chi connectivity index (χ1v) is 5.58.